The van der Waals surface area contributed by atoms with E-state index in [4.69, 9.17) is 12.2 Å². The molecule has 3 heterocycles. The summed E-state index contributed by atoms with van der Waals surface area (Å²) in [7, 11) is 0. The molecule has 2 aromatic heterocycles. The van der Waals surface area contributed by atoms with Crippen LogP contribution in [0.4, 0.5) is 13.2 Å². The molecule has 148 valence electrons. The zero-order valence-corrected chi connectivity index (χ0v) is 15.9. The van der Waals surface area contributed by atoms with Gasteiger partial charge < -0.3 is 9.47 Å². The number of H-pyrrole nitrogens is 1. The first-order chi connectivity index (χ1) is 12.8. The van der Waals surface area contributed by atoms with E-state index in [2.05, 4.69) is 15.3 Å². The van der Waals surface area contributed by atoms with Gasteiger partial charge in [0.25, 0.3) is 5.91 Å². The number of aromatic nitrogens is 5. The Balaban J connectivity index is 1.88. The summed E-state index contributed by atoms with van der Waals surface area (Å²) in [6, 6.07) is 0. The number of aryl methyl sites for hydroxylation is 1. The van der Waals surface area contributed by atoms with Crippen LogP contribution in [0, 0.1) is 4.77 Å². The van der Waals surface area contributed by atoms with Gasteiger partial charge in [-0.3, -0.25) is 14.6 Å². The van der Waals surface area contributed by atoms with E-state index in [9.17, 15) is 18.0 Å². The van der Waals surface area contributed by atoms with Crippen LogP contribution in [0.15, 0.2) is 6.20 Å². The summed E-state index contributed by atoms with van der Waals surface area (Å²) in [6.07, 6.45) is -2.15. The van der Waals surface area contributed by atoms with Crippen LogP contribution in [0.25, 0.3) is 0 Å². The molecule has 0 radical (unpaired) electrons. The number of hydrogen-bond donors (Lipinski definition) is 1. The lowest BCUT2D eigenvalue weighted by Crippen LogP contribution is -2.40. The number of carbonyl (C=O) groups is 1. The first-order valence-corrected chi connectivity index (χ1v) is 9.26. The van der Waals surface area contributed by atoms with E-state index in [-0.39, 0.29) is 12.5 Å². The number of piperidine rings is 1. The van der Waals surface area contributed by atoms with Gasteiger partial charge in [0.2, 0.25) is 0 Å². The first kappa shape index (κ1) is 19.6. The number of halogens is 3. The maximum absolute atomic E-state index is 13.4. The van der Waals surface area contributed by atoms with E-state index in [1.54, 1.807) is 6.92 Å². The molecule has 3 rings (SSSR count). The van der Waals surface area contributed by atoms with Gasteiger partial charge in [0, 0.05) is 32.1 Å². The topological polar surface area (TPSA) is 71.7 Å². The van der Waals surface area contributed by atoms with Crippen molar-refractivity contribution in [2.45, 2.75) is 51.9 Å². The molecule has 7 nitrogen and oxygen atoms in total. The number of amides is 1. The number of carbonyl (C=O) groups excluding carboxylic acids is 1. The quantitative estimate of drug-likeness (QED) is 0.798. The van der Waals surface area contributed by atoms with Gasteiger partial charge in [-0.05, 0) is 38.9 Å². The lowest BCUT2D eigenvalue weighted by Gasteiger charge is -2.32. The van der Waals surface area contributed by atoms with Gasteiger partial charge in [-0.15, -0.1) is 0 Å². The maximum Gasteiger partial charge on any atom is 0.433 e. The Kier molecular flexibility index (Phi) is 5.41. The minimum atomic E-state index is -4.64. The second-order valence-corrected chi connectivity index (χ2v) is 6.83. The predicted molar refractivity (Wildman–Crippen MR) is 93.9 cm³/mol. The molecule has 1 unspecified atom stereocenters. The Labute approximate surface area is 159 Å². The Hall–Kier alpha value is -2.17. The van der Waals surface area contributed by atoms with Gasteiger partial charge in [0.1, 0.15) is 5.82 Å². The summed E-state index contributed by atoms with van der Waals surface area (Å²) in [6.45, 7) is 4.87. The van der Waals surface area contributed by atoms with Crippen LogP contribution >= 0.6 is 12.2 Å². The molecule has 1 fully saturated rings. The lowest BCUT2D eigenvalue weighted by molar-refractivity contribution is -0.144. The largest absolute Gasteiger partial charge is 0.433 e. The fraction of sp³-hybridized carbons (Fsp3) is 0.625. The molecule has 0 spiro atoms. The Morgan fingerprint density at radius 1 is 1.37 bits per heavy atom. The van der Waals surface area contributed by atoms with Crippen molar-refractivity contribution < 1.29 is 18.0 Å². The third-order valence-electron chi connectivity index (χ3n) is 4.82. The zero-order chi connectivity index (χ0) is 19.8. The van der Waals surface area contributed by atoms with Crippen molar-refractivity contribution in [3.05, 3.63) is 28.0 Å². The smallest absolute Gasteiger partial charge is 0.338 e. The van der Waals surface area contributed by atoms with Crippen LogP contribution in [0.2, 0.25) is 0 Å². The lowest BCUT2D eigenvalue weighted by atomic mass is 9.96. The van der Waals surface area contributed by atoms with Crippen molar-refractivity contribution in [2.75, 3.05) is 13.1 Å². The Bertz CT molecular complexity index is 884. The van der Waals surface area contributed by atoms with Crippen molar-refractivity contribution in [1.29, 1.82) is 0 Å². The standard InChI is InChI=1S/C16H21F3N6OS/c1-3-24-13(21-22-15(24)27)10-6-5-7-23(9-10)14(26)11-8-20-25(4-2)12(11)16(17,18)19/h8,10H,3-7,9H2,1-2H3,(H,22,27). The summed E-state index contributed by atoms with van der Waals surface area (Å²) in [5, 5.41) is 10.8. The normalized spacial score (nSPS) is 18.1. The van der Waals surface area contributed by atoms with Crippen LogP contribution in [0.5, 0.6) is 0 Å². The monoisotopic (exact) mass is 402 g/mol. The van der Waals surface area contributed by atoms with Crippen molar-refractivity contribution in [1.82, 2.24) is 29.4 Å². The summed E-state index contributed by atoms with van der Waals surface area (Å²) < 4.78 is 43.5. The van der Waals surface area contributed by atoms with Gasteiger partial charge in [-0.25, -0.2) is 0 Å². The van der Waals surface area contributed by atoms with Crippen molar-refractivity contribution >= 4 is 18.1 Å². The van der Waals surface area contributed by atoms with E-state index in [0.29, 0.717) is 30.8 Å². The molecule has 1 amide bonds. The summed E-state index contributed by atoms with van der Waals surface area (Å²) in [4.78, 5) is 14.3. The molecule has 0 aliphatic carbocycles. The Morgan fingerprint density at radius 2 is 2.11 bits per heavy atom. The molecular weight excluding hydrogens is 381 g/mol. The molecule has 11 heteroatoms. The number of aromatic amines is 1. The maximum atomic E-state index is 13.4. The third kappa shape index (κ3) is 3.64. The average molecular weight is 402 g/mol. The Morgan fingerprint density at radius 3 is 2.74 bits per heavy atom. The van der Waals surface area contributed by atoms with Crippen LogP contribution in [-0.2, 0) is 19.3 Å². The van der Waals surface area contributed by atoms with Crippen LogP contribution < -0.4 is 0 Å². The van der Waals surface area contributed by atoms with E-state index in [1.807, 2.05) is 11.5 Å². The molecule has 0 saturated carbocycles. The van der Waals surface area contributed by atoms with Gasteiger partial charge in [-0.2, -0.15) is 23.4 Å². The fourth-order valence-corrected chi connectivity index (χ4v) is 3.84. The summed E-state index contributed by atoms with van der Waals surface area (Å²) in [5.74, 6) is 0.00959. The third-order valence-corrected chi connectivity index (χ3v) is 5.13. The SMILES string of the molecule is CCn1ncc(C(=O)N2CCCC(c3n[nH]c(=S)n3CC)C2)c1C(F)(F)F. The number of nitrogens with zero attached hydrogens (tertiary/aromatic N) is 5. The highest BCUT2D eigenvalue weighted by Gasteiger charge is 2.41. The molecule has 0 aromatic carbocycles. The molecule has 27 heavy (non-hydrogen) atoms. The summed E-state index contributed by atoms with van der Waals surface area (Å²) in [5.41, 5.74) is -1.40. The molecule has 2 aromatic rings. The van der Waals surface area contributed by atoms with E-state index in [0.717, 1.165) is 23.1 Å². The van der Waals surface area contributed by atoms with Gasteiger partial charge >= 0.3 is 6.18 Å². The summed E-state index contributed by atoms with van der Waals surface area (Å²) >= 11 is 5.20. The number of nitrogens with one attached hydrogen (secondary N) is 1. The highest BCUT2D eigenvalue weighted by atomic mass is 32.1. The molecule has 1 aliphatic rings. The molecule has 1 N–H and O–H groups in total. The van der Waals surface area contributed by atoms with Gasteiger partial charge in [0.05, 0.1) is 11.8 Å². The minimum Gasteiger partial charge on any atom is -0.338 e. The molecule has 1 atom stereocenters. The number of likely N-dealkylation sites (tertiary alicyclic amines) is 1. The second-order valence-electron chi connectivity index (χ2n) is 6.44. The van der Waals surface area contributed by atoms with Crippen molar-refractivity contribution in [2.24, 2.45) is 0 Å². The molecule has 1 saturated heterocycles. The fourth-order valence-electron chi connectivity index (χ4n) is 3.57. The van der Waals surface area contributed by atoms with Crippen molar-refractivity contribution in [3.8, 4) is 0 Å². The van der Waals surface area contributed by atoms with Crippen LogP contribution in [0.3, 0.4) is 0 Å². The van der Waals surface area contributed by atoms with Gasteiger partial charge in [-0.1, -0.05) is 0 Å². The molecule has 1 aliphatic heterocycles. The van der Waals surface area contributed by atoms with E-state index < -0.39 is 23.3 Å². The minimum absolute atomic E-state index is 0.0378. The second kappa shape index (κ2) is 7.45. The highest BCUT2D eigenvalue weighted by Crippen LogP contribution is 2.34. The molecular formula is C16H21F3N6OS. The van der Waals surface area contributed by atoms with Crippen LogP contribution in [-0.4, -0.2) is 48.4 Å². The van der Waals surface area contributed by atoms with E-state index >= 15 is 0 Å². The number of alkyl halides is 3. The van der Waals surface area contributed by atoms with Gasteiger partial charge in [0.15, 0.2) is 10.5 Å². The zero-order valence-electron chi connectivity index (χ0n) is 15.1. The number of rotatable bonds is 4. The van der Waals surface area contributed by atoms with Crippen LogP contribution in [0.1, 0.15) is 54.5 Å². The average Bonchev–Trinajstić information content (AvgIpc) is 3.24. The first-order valence-electron chi connectivity index (χ1n) is 8.85. The van der Waals surface area contributed by atoms with Crippen molar-refractivity contribution in [3.63, 3.8) is 0 Å². The highest BCUT2D eigenvalue weighted by molar-refractivity contribution is 7.71. The number of hydrogen-bond acceptors (Lipinski definition) is 4. The molecule has 0 bridgehead atoms. The predicted octanol–water partition coefficient (Wildman–Crippen LogP) is 3.22. The van der Waals surface area contributed by atoms with E-state index in [1.165, 1.54) is 4.90 Å².